The molecule has 1 atom stereocenters. The summed E-state index contributed by atoms with van der Waals surface area (Å²) in [6.45, 7) is 0. The van der Waals surface area contributed by atoms with E-state index in [0.29, 0.717) is 18.4 Å². The van der Waals surface area contributed by atoms with Crippen LogP contribution in [0.2, 0.25) is 0 Å². The molecule has 1 aromatic rings. The summed E-state index contributed by atoms with van der Waals surface area (Å²) in [6.07, 6.45) is 1.43. The number of aliphatic carboxylic acids is 1. The van der Waals surface area contributed by atoms with Crippen molar-refractivity contribution in [3.8, 4) is 6.07 Å². The van der Waals surface area contributed by atoms with Gasteiger partial charge in [-0.15, -0.1) is 0 Å². The fourth-order valence-electron chi connectivity index (χ4n) is 1.97. The lowest BCUT2D eigenvalue weighted by molar-refractivity contribution is -0.139. The molecule has 0 saturated heterocycles. The molecule has 0 aliphatic heterocycles. The van der Waals surface area contributed by atoms with Crippen molar-refractivity contribution in [3.05, 3.63) is 35.4 Å². The summed E-state index contributed by atoms with van der Waals surface area (Å²) in [5.41, 5.74) is 0.638. The van der Waals surface area contributed by atoms with Gasteiger partial charge in [0.25, 0.3) is 0 Å². The van der Waals surface area contributed by atoms with Gasteiger partial charge in [0.1, 0.15) is 6.04 Å². The quantitative estimate of drug-likeness (QED) is 0.808. The van der Waals surface area contributed by atoms with Crippen molar-refractivity contribution in [1.82, 2.24) is 4.72 Å². The Morgan fingerprint density at radius 1 is 1.45 bits per heavy atom. The zero-order valence-electron chi connectivity index (χ0n) is 10.6. The molecule has 106 valence electrons. The van der Waals surface area contributed by atoms with Crippen LogP contribution < -0.4 is 4.72 Å². The van der Waals surface area contributed by atoms with Gasteiger partial charge in [0, 0.05) is 0 Å². The van der Waals surface area contributed by atoms with Crippen LogP contribution in [0.4, 0.5) is 0 Å². The van der Waals surface area contributed by atoms with E-state index in [4.69, 9.17) is 10.4 Å². The molecule has 1 saturated carbocycles. The van der Waals surface area contributed by atoms with Gasteiger partial charge in [-0.05, 0) is 30.4 Å². The van der Waals surface area contributed by atoms with Crippen LogP contribution in [0.1, 0.15) is 24.0 Å². The van der Waals surface area contributed by atoms with Gasteiger partial charge in [0.15, 0.2) is 0 Å². The number of hydrogen-bond donors (Lipinski definition) is 2. The lowest BCUT2D eigenvalue weighted by Crippen LogP contribution is -2.42. The maximum absolute atomic E-state index is 12.0. The summed E-state index contributed by atoms with van der Waals surface area (Å²) in [4.78, 5) is 11.1. The Hall–Kier alpha value is -1.91. The fourth-order valence-corrected chi connectivity index (χ4v) is 3.40. The molecule has 2 rings (SSSR count). The predicted molar refractivity (Wildman–Crippen MR) is 71.1 cm³/mol. The summed E-state index contributed by atoms with van der Waals surface area (Å²) in [5, 5.41) is 18.0. The number of carbonyl (C=O) groups is 1. The molecule has 1 fully saturated rings. The maximum Gasteiger partial charge on any atom is 0.322 e. The van der Waals surface area contributed by atoms with Crippen molar-refractivity contribution in [2.45, 2.75) is 24.6 Å². The Labute approximate surface area is 117 Å². The van der Waals surface area contributed by atoms with E-state index in [1.54, 1.807) is 18.2 Å². The number of carboxylic acid groups (broad SMARTS) is 1. The van der Waals surface area contributed by atoms with Crippen molar-refractivity contribution in [3.63, 3.8) is 0 Å². The zero-order valence-corrected chi connectivity index (χ0v) is 11.4. The largest absolute Gasteiger partial charge is 0.480 e. The van der Waals surface area contributed by atoms with Crippen LogP contribution in [-0.4, -0.2) is 25.5 Å². The number of nitriles is 1. The zero-order chi connectivity index (χ0) is 14.8. The van der Waals surface area contributed by atoms with Crippen molar-refractivity contribution < 1.29 is 18.3 Å². The lowest BCUT2D eigenvalue weighted by atomic mass is 10.1. The minimum Gasteiger partial charge on any atom is -0.480 e. The molecule has 0 amide bonds. The third-order valence-corrected chi connectivity index (χ3v) is 4.45. The standard InChI is InChI=1S/C13H14N2O4S/c14-7-10-3-1-2-4-11(10)8-20(18,19)15-12(13(16)17)9-5-6-9/h1-4,9,12,15H,5-6,8H2,(H,16,17). The SMILES string of the molecule is N#Cc1ccccc1CS(=O)(=O)NC(C(=O)O)C1CC1. The van der Waals surface area contributed by atoms with Gasteiger partial charge < -0.3 is 5.11 Å². The van der Waals surface area contributed by atoms with E-state index in [2.05, 4.69) is 4.72 Å². The molecule has 2 N–H and O–H groups in total. The number of nitrogens with zero attached hydrogens (tertiary/aromatic N) is 1. The minimum atomic E-state index is -3.80. The highest BCUT2D eigenvalue weighted by atomic mass is 32.2. The summed E-state index contributed by atoms with van der Waals surface area (Å²) in [7, 11) is -3.80. The molecule has 1 aromatic carbocycles. The van der Waals surface area contributed by atoms with Gasteiger partial charge in [0.2, 0.25) is 10.0 Å². The molecular weight excluding hydrogens is 280 g/mol. The molecule has 1 unspecified atom stereocenters. The molecule has 0 aromatic heterocycles. The first-order valence-electron chi connectivity index (χ1n) is 6.14. The third-order valence-electron chi connectivity index (χ3n) is 3.15. The number of benzene rings is 1. The minimum absolute atomic E-state index is 0.131. The van der Waals surface area contributed by atoms with Crippen molar-refractivity contribution >= 4 is 16.0 Å². The Balaban J connectivity index is 2.15. The number of nitrogens with one attached hydrogen (secondary N) is 1. The van der Waals surface area contributed by atoms with E-state index in [0.717, 1.165) is 0 Å². The molecule has 0 spiro atoms. The first-order chi connectivity index (χ1) is 9.43. The number of carboxylic acids is 1. The van der Waals surface area contributed by atoms with Gasteiger partial charge in [-0.2, -0.15) is 5.26 Å². The first-order valence-corrected chi connectivity index (χ1v) is 7.79. The molecule has 6 nitrogen and oxygen atoms in total. The van der Waals surface area contributed by atoms with Crippen LogP contribution in [0.15, 0.2) is 24.3 Å². The highest BCUT2D eigenvalue weighted by Gasteiger charge is 2.38. The molecule has 0 radical (unpaired) electrons. The highest BCUT2D eigenvalue weighted by Crippen LogP contribution is 2.33. The average Bonchev–Trinajstić information content (AvgIpc) is 3.20. The number of sulfonamides is 1. The molecule has 7 heteroatoms. The van der Waals surface area contributed by atoms with Crippen molar-refractivity contribution in [1.29, 1.82) is 5.26 Å². The van der Waals surface area contributed by atoms with Gasteiger partial charge in [-0.25, -0.2) is 13.1 Å². The fraction of sp³-hybridized carbons (Fsp3) is 0.385. The monoisotopic (exact) mass is 294 g/mol. The molecular formula is C13H14N2O4S. The van der Waals surface area contributed by atoms with E-state index < -0.39 is 27.8 Å². The molecule has 0 bridgehead atoms. The van der Waals surface area contributed by atoms with Crippen LogP contribution in [0.3, 0.4) is 0 Å². The smallest absolute Gasteiger partial charge is 0.322 e. The average molecular weight is 294 g/mol. The summed E-state index contributed by atoms with van der Waals surface area (Å²) in [5.74, 6) is -1.69. The second-order valence-electron chi connectivity index (χ2n) is 4.80. The van der Waals surface area contributed by atoms with E-state index in [9.17, 15) is 13.2 Å². The van der Waals surface area contributed by atoms with Crippen LogP contribution in [0.25, 0.3) is 0 Å². The van der Waals surface area contributed by atoms with Crippen molar-refractivity contribution in [2.24, 2.45) is 5.92 Å². The van der Waals surface area contributed by atoms with Gasteiger partial charge in [-0.1, -0.05) is 18.2 Å². The Bertz CT molecular complexity index is 659. The van der Waals surface area contributed by atoms with Crippen LogP contribution >= 0.6 is 0 Å². The summed E-state index contributed by atoms with van der Waals surface area (Å²) in [6, 6.07) is 7.21. The molecule has 0 heterocycles. The Kier molecular flexibility index (Phi) is 4.06. The third kappa shape index (κ3) is 3.56. The molecule has 1 aliphatic rings. The van der Waals surface area contributed by atoms with Gasteiger partial charge in [0.05, 0.1) is 17.4 Å². The van der Waals surface area contributed by atoms with E-state index in [1.807, 2.05) is 6.07 Å². The number of rotatable bonds is 6. The number of hydrogen-bond acceptors (Lipinski definition) is 4. The second-order valence-corrected chi connectivity index (χ2v) is 6.55. The van der Waals surface area contributed by atoms with Crippen LogP contribution in [-0.2, 0) is 20.6 Å². The van der Waals surface area contributed by atoms with Crippen LogP contribution in [0, 0.1) is 17.2 Å². The van der Waals surface area contributed by atoms with Gasteiger partial charge in [-0.3, -0.25) is 4.79 Å². The summed E-state index contributed by atoms with van der Waals surface area (Å²) < 4.78 is 26.3. The normalized spacial score (nSPS) is 16.4. The highest BCUT2D eigenvalue weighted by molar-refractivity contribution is 7.88. The second kappa shape index (κ2) is 5.61. The topological polar surface area (TPSA) is 107 Å². The predicted octanol–water partition coefficient (Wildman–Crippen LogP) is 0.841. The van der Waals surface area contributed by atoms with E-state index >= 15 is 0 Å². The van der Waals surface area contributed by atoms with Gasteiger partial charge >= 0.3 is 5.97 Å². The Morgan fingerprint density at radius 2 is 2.10 bits per heavy atom. The summed E-state index contributed by atoms with van der Waals surface area (Å²) >= 11 is 0. The Morgan fingerprint density at radius 3 is 2.65 bits per heavy atom. The van der Waals surface area contributed by atoms with E-state index in [-0.39, 0.29) is 11.5 Å². The van der Waals surface area contributed by atoms with E-state index in [1.165, 1.54) is 6.07 Å². The lowest BCUT2D eigenvalue weighted by Gasteiger charge is -2.14. The molecule has 20 heavy (non-hydrogen) atoms. The van der Waals surface area contributed by atoms with Crippen molar-refractivity contribution in [2.75, 3.05) is 0 Å². The first kappa shape index (κ1) is 14.5. The van der Waals surface area contributed by atoms with Crippen LogP contribution in [0.5, 0.6) is 0 Å². The maximum atomic E-state index is 12.0. The molecule has 1 aliphatic carbocycles.